The number of carbonyl (C=O) groups is 4. The van der Waals surface area contributed by atoms with Crippen molar-refractivity contribution in [2.75, 3.05) is 75.2 Å². The molecule has 6 aromatic rings. The van der Waals surface area contributed by atoms with Crippen LogP contribution < -0.4 is 20.4 Å². The molecule has 2 aliphatic rings. The predicted octanol–water partition coefficient (Wildman–Crippen LogP) is 6.73. The van der Waals surface area contributed by atoms with Crippen LogP contribution in [-0.4, -0.2) is 128 Å². The first kappa shape index (κ1) is 47.8. The lowest BCUT2D eigenvalue weighted by molar-refractivity contribution is 0.0739. The number of hydrogen-bond donors (Lipinski definition) is 2. The van der Waals surface area contributed by atoms with Crippen LogP contribution in [0.1, 0.15) is 54.3 Å². The lowest BCUT2D eigenvalue weighted by atomic mass is 10.1. The minimum Gasteiger partial charge on any atom is -0.353 e. The number of rotatable bonds is 14. The fraction of sp³-hybridized carbons (Fsp3) is 0.304. The molecule has 0 unspecified atom stereocenters. The molecule has 0 atom stereocenters. The van der Waals surface area contributed by atoms with Crippen LogP contribution in [0.2, 0.25) is 20.1 Å². The summed E-state index contributed by atoms with van der Waals surface area (Å²) in [5.41, 5.74) is 1.91. The van der Waals surface area contributed by atoms with Gasteiger partial charge in [0.25, 0.3) is 23.6 Å². The molecule has 0 spiro atoms. The highest BCUT2D eigenvalue weighted by atomic mass is 35.5. The van der Waals surface area contributed by atoms with E-state index < -0.39 is 0 Å². The Hall–Kier alpha value is -6.20. The summed E-state index contributed by atoms with van der Waals surface area (Å²) < 4.78 is 3.94. The molecule has 20 heteroatoms. The van der Waals surface area contributed by atoms with E-state index in [9.17, 15) is 19.2 Å². The van der Waals surface area contributed by atoms with Crippen molar-refractivity contribution in [2.24, 2.45) is 0 Å². The number of benzene rings is 2. The Kier molecular flexibility index (Phi) is 16.9. The summed E-state index contributed by atoms with van der Waals surface area (Å²) in [4.78, 5) is 74.9. The zero-order valence-corrected chi connectivity index (χ0v) is 38.9. The fourth-order valence-corrected chi connectivity index (χ4v) is 8.19. The van der Waals surface area contributed by atoms with Crippen molar-refractivity contribution < 1.29 is 19.2 Å². The number of aromatic nitrogens is 6. The molecule has 4 aromatic heterocycles. The van der Waals surface area contributed by atoms with Crippen LogP contribution in [-0.2, 0) is 13.1 Å². The van der Waals surface area contributed by atoms with Gasteiger partial charge >= 0.3 is 0 Å². The Bertz CT molecular complexity index is 2550. The molecule has 0 saturated carbocycles. The van der Waals surface area contributed by atoms with Gasteiger partial charge in [0.2, 0.25) is 0 Å². The molecule has 2 fully saturated rings. The maximum absolute atomic E-state index is 12.8. The maximum Gasteiger partial charge on any atom is 0.255 e. The van der Waals surface area contributed by atoms with Crippen molar-refractivity contribution in [3.63, 3.8) is 0 Å². The van der Waals surface area contributed by atoms with Crippen LogP contribution in [0.4, 0.5) is 11.6 Å². The smallest absolute Gasteiger partial charge is 0.255 e. The van der Waals surface area contributed by atoms with Gasteiger partial charge in [-0.25, -0.2) is 19.9 Å². The number of hydrogen-bond acceptors (Lipinski definition) is 10. The molecule has 0 bridgehead atoms. The molecule has 2 saturated heterocycles. The molecule has 0 aliphatic carbocycles. The third kappa shape index (κ3) is 13.0. The van der Waals surface area contributed by atoms with Gasteiger partial charge in [0.1, 0.15) is 11.6 Å². The van der Waals surface area contributed by atoms with Crippen molar-refractivity contribution in [3.05, 3.63) is 153 Å². The van der Waals surface area contributed by atoms with Crippen LogP contribution in [0.25, 0.3) is 0 Å². The Balaban J connectivity index is 0.000000196. The quantitative estimate of drug-likeness (QED) is 0.112. The monoisotopic (exact) mass is 972 g/mol. The van der Waals surface area contributed by atoms with Crippen LogP contribution in [0.15, 0.2) is 110 Å². The first-order chi connectivity index (χ1) is 32.0. The van der Waals surface area contributed by atoms with Crippen LogP contribution in [0.3, 0.4) is 0 Å². The lowest BCUT2D eigenvalue weighted by Crippen LogP contribution is -2.49. The molecule has 4 amide bonds. The first-order valence-corrected chi connectivity index (χ1v) is 22.9. The van der Waals surface area contributed by atoms with Gasteiger partial charge in [-0.05, 0) is 73.5 Å². The summed E-state index contributed by atoms with van der Waals surface area (Å²) in [6.45, 7) is 7.51. The molecule has 2 N–H and O–H groups in total. The lowest BCUT2D eigenvalue weighted by Gasteiger charge is -2.35. The van der Waals surface area contributed by atoms with E-state index in [0.29, 0.717) is 108 Å². The average Bonchev–Trinajstić information content (AvgIpc) is 4.08. The molecule has 2 aromatic carbocycles. The maximum atomic E-state index is 12.8. The highest BCUT2D eigenvalue weighted by molar-refractivity contribution is 6.37. The third-order valence-electron chi connectivity index (χ3n) is 11.0. The number of nitrogens with one attached hydrogen (secondary N) is 2. The van der Waals surface area contributed by atoms with Crippen molar-refractivity contribution in [1.82, 2.24) is 49.5 Å². The van der Waals surface area contributed by atoms with E-state index in [1.165, 1.54) is 0 Å². The van der Waals surface area contributed by atoms with E-state index >= 15 is 0 Å². The molecular weight excluding hydrogens is 926 g/mol. The first-order valence-electron chi connectivity index (χ1n) is 21.4. The Morgan fingerprint density at radius 2 is 1.00 bits per heavy atom. The molecule has 8 rings (SSSR count). The molecule has 344 valence electrons. The van der Waals surface area contributed by atoms with E-state index in [4.69, 9.17) is 46.4 Å². The van der Waals surface area contributed by atoms with E-state index in [-0.39, 0.29) is 23.6 Å². The number of anilines is 2. The van der Waals surface area contributed by atoms with Crippen molar-refractivity contribution in [1.29, 1.82) is 0 Å². The molecule has 66 heavy (non-hydrogen) atoms. The zero-order valence-electron chi connectivity index (χ0n) is 35.9. The standard InChI is InChI=1S/2C23H24Cl2N6O2/c24-18-3-4-20(25)19(14-18)23(33)31-12-10-30(11-13-31)21-5-2-17(15-28-21)22(32)27-6-1-8-29-9-7-26-16-29;24-18-3-4-19(20(25)14-18)23(33)31-12-10-30(11-13-31)21-5-2-17(15-28-21)22(32)27-6-1-8-29-9-7-26-16-29/h2*2-5,7,9,14-16H,1,6,8,10-13H2,(H,27,32). The van der Waals surface area contributed by atoms with Crippen LogP contribution in [0, 0.1) is 0 Å². The van der Waals surface area contributed by atoms with Gasteiger partial charge in [-0.3, -0.25) is 19.2 Å². The van der Waals surface area contributed by atoms with E-state index in [1.807, 2.05) is 33.7 Å². The molecule has 0 radical (unpaired) electrons. The summed E-state index contributed by atoms with van der Waals surface area (Å²) in [7, 11) is 0. The minimum absolute atomic E-state index is 0.107. The number of carbonyl (C=O) groups excluding carboxylic acids is 4. The summed E-state index contributed by atoms with van der Waals surface area (Å²) in [5.74, 6) is 1.03. The summed E-state index contributed by atoms with van der Waals surface area (Å²) in [6, 6.07) is 17.0. The number of pyridine rings is 2. The SMILES string of the molecule is O=C(NCCCn1ccnc1)c1ccc(N2CCN(C(=O)c3cc(Cl)ccc3Cl)CC2)nc1.O=C(NCCCn1ccnc1)c1ccc(N2CCN(C(=O)c3ccc(Cl)cc3Cl)CC2)nc1. The number of halogens is 4. The Labute approximate surface area is 402 Å². The summed E-state index contributed by atoms with van der Waals surface area (Å²) in [6.07, 6.45) is 15.6. The average molecular weight is 975 g/mol. The van der Waals surface area contributed by atoms with E-state index in [2.05, 4.69) is 40.4 Å². The van der Waals surface area contributed by atoms with E-state index in [1.54, 1.807) is 95.8 Å². The highest BCUT2D eigenvalue weighted by Gasteiger charge is 2.26. The van der Waals surface area contributed by atoms with Crippen LogP contribution in [0.5, 0.6) is 0 Å². The minimum atomic E-state index is -0.145. The molecule has 6 heterocycles. The van der Waals surface area contributed by atoms with Gasteiger partial charge in [-0.2, -0.15) is 0 Å². The van der Waals surface area contributed by atoms with Gasteiger partial charge in [0.15, 0.2) is 0 Å². The van der Waals surface area contributed by atoms with Crippen LogP contribution >= 0.6 is 46.4 Å². The highest BCUT2D eigenvalue weighted by Crippen LogP contribution is 2.25. The summed E-state index contributed by atoms with van der Waals surface area (Å²) in [5, 5.41) is 7.55. The van der Waals surface area contributed by atoms with Crippen molar-refractivity contribution in [3.8, 4) is 0 Å². The van der Waals surface area contributed by atoms with Crippen molar-refractivity contribution >= 4 is 81.7 Å². The zero-order chi connectivity index (χ0) is 46.4. The summed E-state index contributed by atoms with van der Waals surface area (Å²) >= 11 is 24.3. The molecule has 2 aliphatic heterocycles. The van der Waals surface area contributed by atoms with Gasteiger partial charge in [-0.1, -0.05) is 46.4 Å². The Morgan fingerprint density at radius 1 is 0.530 bits per heavy atom. The Morgan fingerprint density at radius 3 is 1.44 bits per heavy atom. The second-order valence-corrected chi connectivity index (χ2v) is 17.1. The second kappa shape index (κ2) is 23.3. The van der Waals surface area contributed by atoms with E-state index in [0.717, 1.165) is 37.6 Å². The predicted molar refractivity (Wildman–Crippen MR) is 256 cm³/mol. The van der Waals surface area contributed by atoms with Crippen molar-refractivity contribution in [2.45, 2.75) is 25.9 Å². The van der Waals surface area contributed by atoms with Gasteiger partial charge in [-0.15, -0.1) is 0 Å². The van der Waals surface area contributed by atoms with Gasteiger partial charge in [0.05, 0.1) is 45.0 Å². The molecular formula is C46H48Cl4N12O4. The second-order valence-electron chi connectivity index (χ2n) is 15.4. The third-order valence-corrected chi connectivity index (χ3v) is 12.1. The van der Waals surface area contributed by atoms with Gasteiger partial charge < -0.3 is 39.4 Å². The number of piperazine rings is 2. The largest absolute Gasteiger partial charge is 0.353 e. The number of aryl methyl sites for hydroxylation is 2. The topological polar surface area (TPSA) is 167 Å². The number of amides is 4. The fourth-order valence-electron chi connectivity index (χ4n) is 7.33. The normalized spacial score (nSPS) is 13.8. The molecule has 16 nitrogen and oxygen atoms in total. The number of nitrogens with zero attached hydrogens (tertiary/aromatic N) is 10. The van der Waals surface area contributed by atoms with Gasteiger partial charge in [0, 0.05) is 126 Å². The number of imidazole rings is 2.